The van der Waals surface area contributed by atoms with Crippen LogP contribution in [0.4, 0.5) is 13.2 Å². The van der Waals surface area contributed by atoms with Crippen molar-refractivity contribution < 1.29 is 18.3 Å². The molecular formula is C17H27F3N8O. The summed E-state index contributed by atoms with van der Waals surface area (Å²) in [4.78, 5) is 7.85. The first-order valence-corrected chi connectivity index (χ1v) is 9.38. The average molecular weight is 416 g/mol. The lowest BCUT2D eigenvalue weighted by atomic mass is 9.98. The van der Waals surface area contributed by atoms with Crippen LogP contribution in [0.5, 0.6) is 0 Å². The Hall–Kier alpha value is -2.63. The van der Waals surface area contributed by atoms with Gasteiger partial charge in [-0.2, -0.15) is 13.2 Å². The van der Waals surface area contributed by atoms with E-state index in [0.29, 0.717) is 25.6 Å². The van der Waals surface area contributed by atoms with E-state index in [-0.39, 0.29) is 6.54 Å². The summed E-state index contributed by atoms with van der Waals surface area (Å²) in [5.74, 6) is 0.750. The topological polar surface area (TPSA) is 105 Å². The van der Waals surface area contributed by atoms with E-state index in [1.165, 1.54) is 19.4 Å². The summed E-state index contributed by atoms with van der Waals surface area (Å²) in [6.45, 7) is 5.20. The summed E-state index contributed by atoms with van der Waals surface area (Å²) >= 11 is 0. The molecule has 1 unspecified atom stereocenters. The number of guanidine groups is 1. The van der Waals surface area contributed by atoms with Gasteiger partial charge < -0.3 is 24.9 Å². The minimum atomic E-state index is -4.88. The number of imidazole rings is 1. The summed E-state index contributed by atoms with van der Waals surface area (Å²) in [5, 5.41) is 24.2. The van der Waals surface area contributed by atoms with Gasteiger partial charge in [0.15, 0.2) is 5.96 Å². The molecule has 0 aliphatic heterocycles. The molecule has 0 fully saturated rings. The van der Waals surface area contributed by atoms with Gasteiger partial charge in [-0.1, -0.05) is 6.92 Å². The van der Waals surface area contributed by atoms with Crippen LogP contribution in [0.3, 0.4) is 0 Å². The van der Waals surface area contributed by atoms with Gasteiger partial charge in [0, 0.05) is 58.5 Å². The zero-order valence-electron chi connectivity index (χ0n) is 16.7. The van der Waals surface area contributed by atoms with E-state index in [0.717, 1.165) is 16.8 Å². The Balaban J connectivity index is 2.02. The van der Waals surface area contributed by atoms with Crippen LogP contribution in [-0.4, -0.2) is 61.2 Å². The predicted octanol–water partition coefficient (Wildman–Crippen LogP) is 0.969. The van der Waals surface area contributed by atoms with Gasteiger partial charge >= 0.3 is 6.18 Å². The van der Waals surface area contributed by atoms with Crippen LogP contribution in [0.15, 0.2) is 23.7 Å². The van der Waals surface area contributed by atoms with E-state index in [2.05, 4.69) is 30.8 Å². The number of aromatic nitrogens is 5. The third-order valence-electron chi connectivity index (χ3n) is 4.40. The number of nitrogens with one attached hydrogen (secondary N) is 2. The SMILES string of the molecule is CCNC(=NCCC(O)(c1nccn1C)C(F)(F)F)NCCn1cnnc1CC. The normalized spacial score (nSPS) is 14.7. The number of nitrogens with zero attached hydrogens (tertiary/aromatic N) is 6. The zero-order chi connectivity index (χ0) is 21.5. The highest BCUT2D eigenvalue weighted by Gasteiger charge is 2.57. The molecule has 0 saturated carbocycles. The van der Waals surface area contributed by atoms with Crippen molar-refractivity contribution in [1.29, 1.82) is 0 Å². The first-order valence-electron chi connectivity index (χ1n) is 9.38. The molecule has 2 heterocycles. The number of hydrogen-bond acceptors (Lipinski definition) is 5. The number of aliphatic hydroxyl groups is 1. The van der Waals surface area contributed by atoms with Gasteiger partial charge in [-0.15, -0.1) is 10.2 Å². The van der Waals surface area contributed by atoms with Crippen molar-refractivity contribution >= 4 is 5.96 Å². The van der Waals surface area contributed by atoms with Crippen LogP contribution in [0.25, 0.3) is 0 Å². The number of aliphatic imine (C=N–C) groups is 1. The van der Waals surface area contributed by atoms with Gasteiger partial charge in [-0.05, 0) is 6.92 Å². The highest BCUT2D eigenvalue weighted by Crippen LogP contribution is 2.40. The monoisotopic (exact) mass is 416 g/mol. The molecule has 0 radical (unpaired) electrons. The highest BCUT2D eigenvalue weighted by atomic mass is 19.4. The third kappa shape index (κ3) is 5.46. The molecule has 3 N–H and O–H groups in total. The molecule has 0 bridgehead atoms. The van der Waals surface area contributed by atoms with Gasteiger partial charge in [0.2, 0.25) is 5.60 Å². The quantitative estimate of drug-likeness (QED) is 0.416. The fourth-order valence-electron chi connectivity index (χ4n) is 2.85. The summed E-state index contributed by atoms with van der Waals surface area (Å²) in [6, 6.07) is 0. The molecule has 0 saturated heterocycles. The second-order valence-electron chi connectivity index (χ2n) is 6.45. The van der Waals surface area contributed by atoms with E-state index in [1.807, 2.05) is 18.4 Å². The largest absolute Gasteiger partial charge is 0.424 e. The molecule has 12 heteroatoms. The van der Waals surface area contributed by atoms with Crippen molar-refractivity contribution in [1.82, 2.24) is 34.9 Å². The lowest BCUT2D eigenvalue weighted by molar-refractivity contribution is -0.272. The van der Waals surface area contributed by atoms with Gasteiger partial charge in [0.25, 0.3) is 0 Å². The summed E-state index contributed by atoms with van der Waals surface area (Å²) in [5.41, 5.74) is -3.08. The number of alkyl halides is 3. The lowest BCUT2D eigenvalue weighted by Crippen LogP contribution is -2.45. The molecule has 0 aliphatic carbocycles. The van der Waals surface area contributed by atoms with Gasteiger partial charge in [-0.3, -0.25) is 4.99 Å². The Morgan fingerprint density at radius 1 is 1.28 bits per heavy atom. The standard InChI is InChI=1S/C17H27F3N8O/c1-4-13-26-25-12-28(13)11-9-24-15(21-5-2)23-7-6-16(29,17(18,19)20)14-22-8-10-27(14)3/h8,10,12,29H,4-7,9,11H2,1-3H3,(H2,21,23,24). The van der Waals surface area contributed by atoms with Crippen molar-refractivity contribution in [2.24, 2.45) is 12.0 Å². The minimum Gasteiger partial charge on any atom is -0.374 e. The smallest absolute Gasteiger partial charge is 0.374 e. The summed E-state index contributed by atoms with van der Waals surface area (Å²) < 4.78 is 43.7. The van der Waals surface area contributed by atoms with Gasteiger partial charge in [-0.25, -0.2) is 4.98 Å². The Kier molecular flexibility index (Phi) is 7.59. The van der Waals surface area contributed by atoms with Crippen LogP contribution in [0.2, 0.25) is 0 Å². The summed E-state index contributed by atoms with van der Waals surface area (Å²) in [6.07, 6.45) is -0.576. The summed E-state index contributed by atoms with van der Waals surface area (Å²) in [7, 11) is 1.41. The Morgan fingerprint density at radius 3 is 2.62 bits per heavy atom. The molecule has 0 aromatic carbocycles. The molecule has 2 aromatic heterocycles. The molecule has 2 aromatic rings. The fraction of sp³-hybridized carbons (Fsp3) is 0.647. The van der Waals surface area contributed by atoms with E-state index in [9.17, 15) is 18.3 Å². The molecule has 29 heavy (non-hydrogen) atoms. The van der Waals surface area contributed by atoms with E-state index in [1.54, 1.807) is 6.33 Å². The molecule has 9 nitrogen and oxygen atoms in total. The van der Waals surface area contributed by atoms with E-state index < -0.39 is 24.0 Å². The lowest BCUT2D eigenvalue weighted by Gasteiger charge is -2.29. The van der Waals surface area contributed by atoms with Crippen molar-refractivity contribution in [2.75, 3.05) is 19.6 Å². The number of hydrogen-bond donors (Lipinski definition) is 3. The number of rotatable bonds is 9. The molecule has 1 atom stereocenters. The average Bonchev–Trinajstić information content (AvgIpc) is 3.29. The van der Waals surface area contributed by atoms with Crippen LogP contribution in [0.1, 0.15) is 31.9 Å². The maximum atomic E-state index is 13.6. The molecule has 162 valence electrons. The molecule has 0 spiro atoms. The van der Waals surface area contributed by atoms with Crippen molar-refractivity contribution in [2.45, 2.75) is 45.0 Å². The minimum absolute atomic E-state index is 0.245. The van der Waals surface area contributed by atoms with E-state index >= 15 is 0 Å². The number of halogens is 3. The highest BCUT2D eigenvalue weighted by molar-refractivity contribution is 5.79. The molecule has 2 rings (SSSR count). The van der Waals surface area contributed by atoms with Crippen LogP contribution in [-0.2, 0) is 25.6 Å². The van der Waals surface area contributed by atoms with Crippen LogP contribution in [0, 0.1) is 0 Å². The van der Waals surface area contributed by atoms with Crippen molar-refractivity contribution in [3.63, 3.8) is 0 Å². The van der Waals surface area contributed by atoms with Gasteiger partial charge in [0.1, 0.15) is 18.0 Å². The first-order chi connectivity index (χ1) is 13.7. The molecule has 0 aliphatic rings. The van der Waals surface area contributed by atoms with Crippen molar-refractivity contribution in [3.8, 4) is 0 Å². The number of aryl methyl sites for hydroxylation is 2. The second-order valence-corrected chi connectivity index (χ2v) is 6.45. The Labute approximate surface area is 167 Å². The fourth-order valence-corrected chi connectivity index (χ4v) is 2.85. The van der Waals surface area contributed by atoms with Crippen LogP contribution >= 0.6 is 0 Å². The maximum Gasteiger partial charge on any atom is 0.424 e. The van der Waals surface area contributed by atoms with E-state index in [4.69, 9.17) is 0 Å². The van der Waals surface area contributed by atoms with Crippen molar-refractivity contribution in [3.05, 3.63) is 30.4 Å². The Bertz CT molecular complexity index is 801. The first kappa shape index (κ1) is 22.7. The zero-order valence-corrected chi connectivity index (χ0v) is 16.7. The van der Waals surface area contributed by atoms with Gasteiger partial charge in [0.05, 0.1) is 0 Å². The third-order valence-corrected chi connectivity index (χ3v) is 4.40. The molecule has 0 amide bonds. The van der Waals surface area contributed by atoms with Crippen LogP contribution < -0.4 is 10.6 Å². The molecular weight excluding hydrogens is 389 g/mol. The second kappa shape index (κ2) is 9.72. The Morgan fingerprint density at radius 2 is 2.03 bits per heavy atom. The maximum absolute atomic E-state index is 13.6. The predicted molar refractivity (Wildman–Crippen MR) is 101 cm³/mol.